The van der Waals surface area contributed by atoms with Gasteiger partial charge in [0, 0.05) is 16.5 Å². The lowest BCUT2D eigenvalue weighted by atomic mass is 10.1. The van der Waals surface area contributed by atoms with Crippen molar-refractivity contribution in [3.8, 4) is 11.5 Å². The molecule has 0 amide bonds. The van der Waals surface area contributed by atoms with Crippen LogP contribution < -0.4 is 4.74 Å². The van der Waals surface area contributed by atoms with Gasteiger partial charge in [0.15, 0.2) is 0 Å². The molecule has 1 heterocycles. The van der Waals surface area contributed by atoms with Gasteiger partial charge >= 0.3 is 0 Å². The highest BCUT2D eigenvalue weighted by Gasteiger charge is 2.30. The van der Waals surface area contributed by atoms with Gasteiger partial charge in [-0.25, -0.2) is 8.42 Å². The number of rotatable bonds is 3. The summed E-state index contributed by atoms with van der Waals surface area (Å²) in [7, 11) is -3.59. The van der Waals surface area contributed by atoms with Crippen LogP contribution in [0.1, 0.15) is 11.1 Å². The molecule has 2 aromatic rings. The lowest BCUT2D eigenvalue weighted by molar-refractivity contribution is 0.369. The van der Waals surface area contributed by atoms with Gasteiger partial charge in [0.1, 0.15) is 23.0 Å². The van der Waals surface area contributed by atoms with Gasteiger partial charge < -0.3 is 9.84 Å². The van der Waals surface area contributed by atoms with Crippen LogP contribution in [0.2, 0.25) is 0 Å². The maximum atomic E-state index is 12.1. The van der Waals surface area contributed by atoms with Gasteiger partial charge in [0.2, 0.25) is 9.84 Å². The molecule has 0 bridgehead atoms. The summed E-state index contributed by atoms with van der Waals surface area (Å²) in [6, 6.07) is 12.2. The maximum Gasteiger partial charge on any atom is 0.204 e. The molecule has 21 heavy (non-hydrogen) atoms. The summed E-state index contributed by atoms with van der Waals surface area (Å²) in [5, 5.41) is 10.9. The second-order valence-corrected chi connectivity index (χ2v) is 6.68. The van der Waals surface area contributed by atoms with Crippen LogP contribution in [0.5, 0.6) is 11.5 Å². The van der Waals surface area contributed by atoms with Gasteiger partial charge in [-0.1, -0.05) is 24.3 Å². The molecule has 1 aliphatic heterocycles. The van der Waals surface area contributed by atoms with E-state index in [1.807, 2.05) is 31.2 Å². The van der Waals surface area contributed by atoms with Crippen LogP contribution in [0.4, 0.5) is 0 Å². The second kappa shape index (κ2) is 4.93. The third kappa shape index (κ3) is 2.52. The second-order valence-electron chi connectivity index (χ2n) is 4.95. The summed E-state index contributed by atoms with van der Waals surface area (Å²) in [5.74, 6) is 0.455. The van der Waals surface area contributed by atoms with Crippen molar-refractivity contribution >= 4 is 15.4 Å². The molecule has 0 fully saturated rings. The van der Waals surface area contributed by atoms with Crippen LogP contribution >= 0.6 is 0 Å². The van der Waals surface area contributed by atoms with Crippen molar-refractivity contribution < 1.29 is 18.3 Å². The van der Waals surface area contributed by atoms with Crippen molar-refractivity contribution in [1.29, 1.82) is 0 Å². The molecular weight excluding hydrogens is 288 g/mol. The largest absolute Gasteiger partial charge is 0.507 e. The Morgan fingerprint density at radius 1 is 1.14 bits per heavy atom. The van der Waals surface area contributed by atoms with Crippen LogP contribution in [-0.4, -0.2) is 20.1 Å². The van der Waals surface area contributed by atoms with E-state index in [1.165, 1.54) is 6.07 Å². The Bertz CT molecular complexity index is 835. The van der Waals surface area contributed by atoms with Gasteiger partial charge in [0.25, 0.3) is 0 Å². The Kier molecular flexibility index (Phi) is 3.22. The number of ether oxygens (including phenoxy) is 1. The van der Waals surface area contributed by atoms with E-state index in [-0.39, 0.29) is 17.3 Å². The highest BCUT2D eigenvalue weighted by atomic mass is 32.2. The summed E-state index contributed by atoms with van der Waals surface area (Å²) < 4.78 is 29.8. The number of benzene rings is 2. The average Bonchev–Trinajstić information content (AvgIpc) is 2.69. The van der Waals surface area contributed by atoms with Crippen LogP contribution in [0, 0.1) is 6.92 Å². The van der Waals surface area contributed by atoms with Crippen LogP contribution in [0.3, 0.4) is 0 Å². The molecule has 0 aromatic heterocycles. The lowest BCUT2D eigenvalue weighted by Gasteiger charge is -2.08. The topological polar surface area (TPSA) is 63.6 Å². The zero-order chi connectivity index (χ0) is 15.0. The molecule has 2 aromatic carbocycles. The number of hydrogen-bond acceptors (Lipinski definition) is 4. The van der Waals surface area contributed by atoms with Crippen molar-refractivity contribution in [1.82, 2.24) is 0 Å². The molecule has 3 rings (SSSR count). The van der Waals surface area contributed by atoms with E-state index in [2.05, 4.69) is 0 Å². The lowest BCUT2D eigenvalue weighted by Crippen LogP contribution is -1.99. The SMILES string of the molecule is Cc1cccc(OCC2=CS(=O)(=O)c3c(O)cccc32)c1. The summed E-state index contributed by atoms with van der Waals surface area (Å²) in [5.41, 5.74) is 2.11. The fraction of sp³-hybridized carbons (Fsp3) is 0.125. The summed E-state index contributed by atoms with van der Waals surface area (Å²) in [4.78, 5) is -0.0344. The number of phenolic OH excluding ortho intramolecular Hbond substituents is 1. The Morgan fingerprint density at radius 2 is 1.90 bits per heavy atom. The molecule has 0 aliphatic carbocycles. The van der Waals surface area contributed by atoms with E-state index < -0.39 is 9.84 Å². The van der Waals surface area contributed by atoms with Crippen LogP contribution in [0.25, 0.3) is 5.57 Å². The summed E-state index contributed by atoms with van der Waals surface area (Å²) >= 11 is 0. The minimum Gasteiger partial charge on any atom is -0.507 e. The molecule has 0 saturated heterocycles. The molecule has 5 heteroatoms. The molecule has 4 nitrogen and oxygen atoms in total. The van der Waals surface area contributed by atoms with E-state index >= 15 is 0 Å². The molecular formula is C16H14O4S. The normalized spacial score (nSPS) is 15.4. The molecule has 1 aliphatic rings. The Balaban J connectivity index is 1.90. The fourth-order valence-corrected chi connectivity index (χ4v) is 3.92. The first kappa shape index (κ1) is 13.7. The first-order valence-corrected chi connectivity index (χ1v) is 7.99. The fourth-order valence-electron chi connectivity index (χ4n) is 2.36. The maximum absolute atomic E-state index is 12.1. The Hall–Kier alpha value is -2.27. The molecule has 0 atom stereocenters. The zero-order valence-electron chi connectivity index (χ0n) is 11.4. The van der Waals surface area contributed by atoms with E-state index in [9.17, 15) is 13.5 Å². The van der Waals surface area contributed by atoms with E-state index in [4.69, 9.17) is 4.74 Å². The number of aromatic hydroxyl groups is 1. The van der Waals surface area contributed by atoms with E-state index in [1.54, 1.807) is 12.1 Å². The Labute approximate surface area is 123 Å². The summed E-state index contributed by atoms with van der Waals surface area (Å²) in [6.07, 6.45) is 0. The predicted molar refractivity (Wildman–Crippen MR) is 79.9 cm³/mol. The minimum absolute atomic E-state index is 0.0344. The highest BCUT2D eigenvalue weighted by molar-refractivity contribution is 7.95. The average molecular weight is 302 g/mol. The molecule has 0 radical (unpaired) electrons. The van der Waals surface area contributed by atoms with Crippen molar-refractivity contribution in [3.05, 3.63) is 59.0 Å². The van der Waals surface area contributed by atoms with Gasteiger partial charge in [-0.2, -0.15) is 0 Å². The van der Waals surface area contributed by atoms with Gasteiger partial charge in [-0.3, -0.25) is 0 Å². The molecule has 108 valence electrons. The molecule has 1 N–H and O–H groups in total. The number of hydrogen-bond donors (Lipinski definition) is 1. The van der Waals surface area contributed by atoms with Crippen molar-refractivity contribution in [2.75, 3.05) is 6.61 Å². The van der Waals surface area contributed by atoms with Crippen molar-refractivity contribution in [3.63, 3.8) is 0 Å². The third-order valence-corrected chi connectivity index (χ3v) is 4.90. The van der Waals surface area contributed by atoms with Gasteiger partial charge in [0.05, 0.1) is 0 Å². The third-order valence-electron chi connectivity index (χ3n) is 3.31. The van der Waals surface area contributed by atoms with Crippen LogP contribution in [0.15, 0.2) is 52.8 Å². The quantitative estimate of drug-likeness (QED) is 0.947. The molecule has 0 unspecified atom stereocenters. The minimum atomic E-state index is -3.59. The van der Waals surface area contributed by atoms with Gasteiger partial charge in [-0.15, -0.1) is 0 Å². The first-order valence-electron chi connectivity index (χ1n) is 6.45. The van der Waals surface area contributed by atoms with Crippen molar-refractivity contribution in [2.24, 2.45) is 0 Å². The predicted octanol–water partition coefficient (Wildman–Crippen LogP) is 2.91. The van der Waals surface area contributed by atoms with Gasteiger partial charge in [-0.05, 0) is 30.7 Å². The molecule has 0 spiro atoms. The van der Waals surface area contributed by atoms with E-state index in [0.29, 0.717) is 16.9 Å². The van der Waals surface area contributed by atoms with Crippen molar-refractivity contribution in [2.45, 2.75) is 11.8 Å². The monoisotopic (exact) mass is 302 g/mol. The number of phenols is 1. The van der Waals surface area contributed by atoms with Crippen LogP contribution in [-0.2, 0) is 9.84 Å². The number of fused-ring (bicyclic) bond motifs is 1. The van der Waals surface area contributed by atoms with E-state index in [0.717, 1.165) is 11.0 Å². The zero-order valence-corrected chi connectivity index (χ0v) is 12.2. The number of sulfone groups is 1. The summed E-state index contributed by atoms with van der Waals surface area (Å²) in [6.45, 7) is 2.10. The first-order chi connectivity index (χ1) is 9.97. The molecule has 0 saturated carbocycles. The standard InChI is InChI=1S/C16H14O4S/c1-11-4-2-5-13(8-11)20-9-12-10-21(18,19)16-14(12)6-3-7-15(16)17/h2-8,10,17H,9H2,1H3. The highest BCUT2D eigenvalue weighted by Crippen LogP contribution is 2.38. The Morgan fingerprint density at radius 3 is 2.67 bits per heavy atom. The smallest absolute Gasteiger partial charge is 0.204 e. The number of aryl methyl sites for hydroxylation is 1.